The van der Waals surface area contributed by atoms with Crippen LogP contribution < -0.4 is 5.32 Å². The minimum atomic E-state index is -1.31. The Balaban J connectivity index is 2.44. The molecule has 0 heterocycles. The molecular weight excluding hydrogens is 347 g/mol. The topological polar surface area (TPSA) is 92.5 Å². The highest BCUT2D eigenvalue weighted by molar-refractivity contribution is 9.10. The van der Waals surface area contributed by atoms with Gasteiger partial charge in [-0.15, -0.1) is 0 Å². The van der Waals surface area contributed by atoms with Gasteiger partial charge in [-0.3, -0.25) is 10.1 Å². The van der Waals surface area contributed by atoms with Crippen LogP contribution in [-0.2, 0) is 0 Å². The summed E-state index contributed by atoms with van der Waals surface area (Å²) in [6.45, 7) is 0. The lowest BCUT2D eigenvalue weighted by Gasteiger charge is -2.11. The molecule has 108 valence electrons. The van der Waals surface area contributed by atoms with Crippen molar-refractivity contribution in [3.63, 3.8) is 0 Å². The number of aromatic carboxylic acids is 1. The quantitative estimate of drug-likeness (QED) is 0.640. The second-order valence-electron chi connectivity index (χ2n) is 4.04. The van der Waals surface area contributed by atoms with E-state index >= 15 is 0 Å². The summed E-state index contributed by atoms with van der Waals surface area (Å²) >= 11 is 3.15. The maximum absolute atomic E-state index is 13.0. The van der Waals surface area contributed by atoms with Crippen molar-refractivity contribution < 1.29 is 19.2 Å². The Morgan fingerprint density at radius 2 is 1.90 bits per heavy atom. The standard InChI is InChI=1S/C13H8BrFN2O4/c14-10-5-7(15)1-3-12(10)16-11-4-2-8(17(20)21)6-9(11)13(18)19/h1-6,16H,(H,18,19). The van der Waals surface area contributed by atoms with Crippen LogP contribution in [0.1, 0.15) is 10.4 Å². The normalized spacial score (nSPS) is 10.2. The molecule has 0 saturated heterocycles. The fourth-order valence-electron chi connectivity index (χ4n) is 1.67. The van der Waals surface area contributed by atoms with Crippen LogP contribution in [0.2, 0.25) is 0 Å². The molecule has 2 aromatic rings. The molecule has 2 N–H and O–H groups in total. The van der Waals surface area contributed by atoms with Crippen LogP contribution >= 0.6 is 15.9 Å². The molecule has 0 spiro atoms. The number of anilines is 2. The largest absolute Gasteiger partial charge is 0.478 e. The minimum Gasteiger partial charge on any atom is -0.478 e. The summed E-state index contributed by atoms with van der Waals surface area (Å²) < 4.78 is 13.4. The number of non-ortho nitro benzene ring substituents is 1. The number of rotatable bonds is 4. The zero-order valence-electron chi connectivity index (χ0n) is 10.3. The summed E-state index contributed by atoms with van der Waals surface area (Å²) in [6.07, 6.45) is 0. The number of nitro benzene ring substituents is 1. The van der Waals surface area contributed by atoms with Crippen LogP contribution in [0.15, 0.2) is 40.9 Å². The molecule has 0 fully saturated rings. The van der Waals surface area contributed by atoms with E-state index in [0.29, 0.717) is 10.2 Å². The van der Waals surface area contributed by atoms with E-state index < -0.39 is 16.7 Å². The van der Waals surface area contributed by atoms with Gasteiger partial charge in [0, 0.05) is 16.6 Å². The first kappa shape index (κ1) is 14.9. The van der Waals surface area contributed by atoms with E-state index in [1.807, 2.05) is 0 Å². The number of hydrogen-bond donors (Lipinski definition) is 2. The molecule has 0 atom stereocenters. The summed E-state index contributed by atoms with van der Waals surface area (Å²) in [7, 11) is 0. The molecule has 0 saturated carbocycles. The predicted octanol–water partition coefficient (Wildman–Crippen LogP) is 3.94. The smallest absolute Gasteiger partial charge is 0.338 e. The Kier molecular flexibility index (Phi) is 4.18. The van der Waals surface area contributed by atoms with Gasteiger partial charge in [0.2, 0.25) is 0 Å². The van der Waals surface area contributed by atoms with Crippen LogP contribution in [0.5, 0.6) is 0 Å². The van der Waals surface area contributed by atoms with Crippen molar-refractivity contribution in [3.05, 3.63) is 62.4 Å². The highest BCUT2D eigenvalue weighted by Crippen LogP contribution is 2.30. The molecule has 0 bridgehead atoms. The van der Waals surface area contributed by atoms with E-state index in [1.165, 1.54) is 30.3 Å². The van der Waals surface area contributed by atoms with Gasteiger partial charge in [0.05, 0.1) is 21.9 Å². The van der Waals surface area contributed by atoms with Crippen molar-refractivity contribution in [1.29, 1.82) is 0 Å². The van der Waals surface area contributed by atoms with Crippen molar-refractivity contribution in [2.24, 2.45) is 0 Å². The second-order valence-corrected chi connectivity index (χ2v) is 4.90. The monoisotopic (exact) mass is 354 g/mol. The summed E-state index contributed by atoms with van der Waals surface area (Å²) in [4.78, 5) is 21.2. The van der Waals surface area contributed by atoms with E-state index in [2.05, 4.69) is 21.2 Å². The maximum atomic E-state index is 13.0. The van der Waals surface area contributed by atoms with Crippen LogP contribution in [-0.4, -0.2) is 16.0 Å². The Morgan fingerprint density at radius 3 is 2.48 bits per heavy atom. The highest BCUT2D eigenvalue weighted by Gasteiger charge is 2.16. The van der Waals surface area contributed by atoms with E-state index in [-0.39, 0.29) is 16.9 Å². The van der Waals surface area contributed by atoms with E-state index in [9.17, 15) is 19.3 Å². The molecule has 6 nitrogen and oxygen atoms in total. The number of nitrogens with zero attached hydrogens (tertiary/aromatic N) is 1. The first-order chi connectivity index (χ1) is 9.88. The maximum Gasteiger partial charge on any atom is 0.338 e. The van der Waals surface area contributed by atoms with Crippen molar-refractivity contribution >= 4 is 39.0 Å². The van der Waals surface area contributed by atoms with Crippen molar-refractivity contribution in [3.8, 4) is 0 Å². The molecular formula is C13H8BrFN2O4. The van der Waals surface area contributed by atoms with Gasteiger partial charge in [-0.05, 0) is 40.2 Å². The van der Waals surface area contributed by atoms with Gasteiger partial charge in [-0.2, -0.15) is 0 Å². The number of halogens is 2. The van der Waals surface area contributed by atoms with E-state index in [0.717, 1.165) is 6.07 Å². The number of benzene rings is 2. The number of hydrogen-bond acceptors (Lipinski definition) is 4. The minimum absolute atomic E-state index is 0.167. The molecule has 0 radical (unpaired) electrons. The van der Waals surface area contributed by atoms with Gasteiger partial charge in [-0.1, -0.05) is 0 Å². The van der Waals surface area contributed by atoms with Gasteiger partial charge in [-0.25, -0.2) is 9.18 Å². The summed E-state index contributed by atoms with van der Waals surface area (Å²) in [6, 6.07) is 7.28. The summed E-state index contributed by atoms with van der Waals surface area (Å²) in [5, 5.41) is 22.6. The van der Waals surface area contributed by atoms with Gasteiger partial charge < -0.3 is 10.4 Å². The van der Waals surface area contributed by atoms with Crippen molar-refractivity contribution in [1.82, 2.24) is 0 Å². The Hall–Kier alpha value is -2.48. The number of carbonyl (C=O) groups is 1. The number of carboxylic acid groups (broad SMARTS) is 1. The van der Waals surface area contributed by atoms with Gasteiger partial charge in [0.15, 0.2) is 0 Å². The molecule has 21 heavy (non-hydrogen) atoms. The SMILES string of the molecule is O=C(O)c1cc([N+](=O)[O-])ccc1Nc1ccc(F)cc1Br. The number of carboxylic acids is 1. The van der Waals surface area contributed by atoms with E-state index in [1.54, 1.807) is 0 Å². The molecule has 0 aliphatic carbocycles. The predicted molar refractivity (Wildman–Crippen MR) is 77.4 cm³/mol. The molecule has 0 amide bonds. The molecule has 8 heteroatoms. The fourth-order valence-corrected chi connectivity index (χ4v) is 2.12. The lowest BCUT2D eigenvalue weighted by molar-refractivity contribution is -0.384. The van der Waals surface area contributed by atoms with Gasteiger partial charge in [0.1, 0.15) is 5.82 Å². The zero-order valence-corrected chi connectivity index (χ0v) is 11.9. The third-order valence-corrected chi connectivity index (χ3v) is 3.30. The lowest BCUT2D eigenvalue weighted by Crippen LogP contribution is -2.04. The molecule has 2 aromatic carbocycles. The molecule has 0 aliphatic heterocycles. The van der Waals surface area contributed by atoms with Gasteiger partial charge >= 0.3 is 5.97 Å². The van der Waals surface area contributed by atoms with Crippen LogP contribution in [0, 0.1) is 15.9 Å². The Morgan fingerprint density at radius 1 is 1.24 bits per heavy atom. The molecule has 0 aromatic heterocycles. The average Bonchev–Trinajstić information content (AvgIpc) is 2.41. The third-order valence-electron chi connectivity index (χ3n) is 2.64. The molecule has 0 aliphatic rings. The third kappa shape index (κ3) is 3.34. The average molecular weight is 355 g/mol. The number of nitro groups is 1. The molecule has 2 rings (SSSR count). The first-order valence-corrected chi connectivity index (χ1v) is 6.41. The van der Waals surface area contributed by atoms with Gasteiger partial charge in [0.25, 0.3) is 5.69 Å². The number of nitrogens with one attached hydrogen (secondary N) is 1. The van der Waals surface area contributed by atoms with Crippen LogP contribution in [0.4, 0.5) is 21.5 Å². The fraction of sp³-hybridized carbons (Fsp3) is 0. The Labute approximate surface area is 126 Å². The molecule has 0 unspecified atom stereocenters. The first-order valence-electron chi connectivity index (χ1n) is 5.62. The lowest BCUT2D eigenvalue weighted by atomic mass is 10.1. The van der Waals surface area contributed by atoms with Crippen LogP contribution in [0.25, 0.3) is 0 Å². The second kappa shape index (κ2) is 5.88. The summed E-state index contributed by atoms with van der Waals surface area (Å²) in [5.74, 6) is -1.76. The summed E-state index contributed by atoms with van der Waals surface area (Å²) in [5.41, 5.74) is 0.0321. The Bertz CT molecular complexity index is 736. The van der Waals surface area contributed by atoms with Crippen LogP contribution in [0.3, 0.4) is 0 Å². The van der Waals surface area contributed by atoms with Crippen molar-refractivity contribution in [2.45, 2.75) is 0 Å². The highest BCUT2D eigenvalue weighted by atomic mass is 79.9. The van der Waals surface area contributed by atoms with E-state index in [4.69, 9.17) is 5.11 Å². The van der Waals surface area contributed by atoms with Crippen molar-refractivity contribution in [2.75, 3.05) is 5.32 Å². The zero-order chi connectivity index (χ0) is 15.6.